The van der Waals surface area contributed by atoms with Crippen molar-refractivity contribution >= 4 is 0 Å². The van der Waals surface area contributed by atoms with Crippen LogP contribution in [0.3, 0.4) is 0 Å². The second-order valence-electron chi connectivity index (χ2n) is 5.28. The minimum atomic E-state index is 0.581. The molecule has 0 amide bonds. The first-order valence-electron chi connectivity index (χ1n) is 7.18. The molecule has 0 atom stereocenters. The second kappa shape index (κ2) is 7.88. The van der Waals surface area contributed by atoms with Gasteiger partial charge in [-0.15, -0.1) is 0 Å². The highest BCUT2D eigenvalue weighted by atomic mass is 16.5. The topological polar surface area (TPSA) is 45.5 Å². The largest absolute Gasteiger partial charge is 0.491 e. The standard InChI is InChI=1S/C16H22N2O2/c1-18(8-10-19-13-14-6-7-14)9-11-20-16-5-3-2-4-15(16)12-17/h2-5,14H,6-11,13H2,1H3. The van der Waals surface area contributed by atoms with E-state index in [0.29, 0.717) is 17.9 Å². The van der Waals surface area contributed by atoms with Crippen molar-refractivity contribution in [2.24, 2.45) is 5.92 Å². The molecular weight excluding hydrogens is 252 g/mol. The fourth-order valence-electron chi connectivity index (χ4n) is 1.86. The van der Waals surface area contributed by atoms with E-state index in [2.05, 4.69) is 18.0 Å². The Morgan fingerprint density at radius 3 is 2.75 bits per heavy atom. The molecule has 4 heteroatoms. The summed E-state index contributed by atoms with van der Waals surface area (Å²) in [4.78, 5) is 2.18. The first-order chi connectivity index (χ1) is 9.79. The van der Waals surface area contributed by atoms with Crippen molar-refractivity contribution in [1.82, 2.24) is 4.90 Å². The number of ether oxygens (including phenoxy) is 2. The zero-order valence-corrected chi connectivity index (χ0v) is 12.0. The third kappa shape index (κ3) is 5.20. The molecule has 20 heavy (non-hydrogen) atoms. The summed E-state index contributed by atoms with van der Waals surface area (Å²) in [6.07, 6.45) is 2.67. The summed E-state index contributed by atoms with van der Waals surface area (Å²) in [5.74, 6) is 1.49. The van der Waals surface area contributed by atoms with Gasteiger partial charge in [0.2, 0.25) is 0 Å². The first kappa shape index (κ1) is 14.8. The lowest BCUT2D eigenvalue weighted by Crippen LogP contribution is -2.28. The van der Waals surface area contributed by atoms with Crippen LogP contribution in [-0.4, -0.2) is 44.9 Å². The molecule has 0 aliphatic heterocycles. The van der Waals surface area contributed by atoms with Gasteiger partial charge in [-0.1, -0.05) is 12.1 Å². The molecule has 108 valence electrons. The SMILES string of the molecule is CN(CCOCC1CC1)CCOc1ccccc1C#N. The number of nitrogens with zero attached hydrogens (tertiary/aromatic N) is 2. The monoisotopic (exact) mass is 274 g/mol. The summed E-state index contributed by atoms with van der Waals surface area (Å²) in [6, 6.07) is 9.46. The Balaban J connectivity index is 1.58. The van der Waals surface area contributed by atoms with Gasteiger partial charge in [0.15, 0.2) is 0 Å². The molecule has 1 aromatic rings. The zero-order chi connectivity index (χ0) is 14.2. The molecule has 2 rings (SSSR count). The van der Waals surface area contributed by atoms with Gasteiger partial charge in [-0.05, 0) is 37.9 Å². The average molecular weight is 274 g/mol. The van der Waals surface area contributed by atoms with E-state index in [1.807, 2.05) is 18.2 Å². The lowest BCUT2D eigenvalue weighted by Gasteiger charge is -2.17. The molecule has 0 heterocycles. The Bertz CT molecular complexity index is 452. The summed E-state index contributed by atoms with van der Waals surface area (Å²) in [6.45, 7) is 4.02. The van der Waals surface area contributed by atoms with Crippen LogP contribution in [0.25, 0.3) is 0 Å². The second-order valence-corrected chi connectivity index (χ2v) is 5.28. The average Bonchev–Trinajstić information content (AvgIpc) is 3.28. The molecule has 0 spiro atoms. The van der Waals surface area contributed by atoms with Crippen molar-refractivity contribution in [1.29, 1.82) is 5.26 Å². The minimum Gasteiger partial charge on any atom is -0.491 e. The molecule has 1 aromatic carbocycles. The van der Waals surface area contributed by atoms with Gasteiger partial charge in [0, 0.05) is 19.7 Å². The molecule has 4 nitrogen and oxygen atoms in total. The van der Waals surface area contributed by atoms with E-state index in [0.717, 1.165) is 32.2 Å². The molecule has 1 fully saturated rings. The van der Waals surface area contributed by atoms with E-state index in [4.69, 9.17) is 14.7 Å². The van der Waals surface area contributed by atoms with Crippen LogP contribution in [0.15, 0.2) is 24.3 Å². The summed E-state index contributed by atoms with van der Waals surface area (Å²) in [7, 11) is 2.06. The highest BCUT2D eigenvalue weighted by Crippen LogP contribution is 2.28. The fourth-order valence-corrected chi connectivity index (χ4v) is 1.86. The molecular formula is C16H22N2O2. The Labute approximate surface area is 120 Å². The highest BCUT2D eigenvalue weighted by Gasteiger charge is 2.20. The fraction of sp³-hybridized carbons (Fsp3) is 0.562. The van der Waals surface area contributed by atoms with Crippen LogP contribution >= 0.6 is 0 Å². The van der Waals surface area contributed by atoms with Gasteiger partial charge in [-0.3, -0.25) is 0 Å². The van der Waals surface area contributed by atoms with Crippen molar-refractivity contribution < 1.29 is 9.47 Å². The van der Waals surface area contributed by atoms with Crippen LogP contribution in [0.5, 0.6) is 5.75 Å². The van der Waals surface area contributed by atoms with E-state index in [1.165, 1.54) is 12.8 Å². The highest BCUT2D eigenvalue weighted by molar-refractivity contribution is 5.42. The predicted octanol–water partition coefficient (Wildman–Crippen LogP) is 2.30. The number of likely N-dealkylation sites (N-methyl/N-ethyl adjacent to an activating group) is 1. The Morgan fingerprint density at radius 1 is 1.25 bits per heavy atom. The molecule has 0 bridgehead atoms. The first-order valence-corrected chi connectivity index (χ1v) is 7.18. The van der Waals surface area contributed by atoms with Gasteiger partial charge in [-0.2, -0.15) is 5.26 Å². The van der Waals surface area contributed by atoms with E-state index in [1.54, 1.807) is 6.07 Å². The van der Waals surface area contributed by atoms with Crippen LogP contribution in [0.2, 0.25) is 0 Å². The Hall–Kier alpha value is -1.57. The summed E-state index contributed by atoms with van der Waals surface area (Å²) >= 11 is 0. The third-order valence-electron chi connectivity index (χ3n) is 3.41. The quantitative estimate of drug-likeness (QED) is 0.648. The smallest absolute Gasteiger partial charge is 0.137 e. The number of hydrogen-bond donors (Lipinski definition) is 0. The maximum atomic E-state index is 8.96. The Morgan fingerprint density at radius 2 is 2.00 bits per heavy atom. The Kier molecular flexibility index (Phi) is 5.85. The van der Waals surface area contributed by atoms with Crippen LogP contribution in [0, 0.1) is 17.2 Å². The number of benzene rings is 1. The number of nitriles is 1. The summed E-state index contributed by atoms with van der Waals surface area (Å²) < 4.78 is 11.3. The maximum absolute atomic E-state index is 8.96. The predicted molar refractivity (Wildman–Crippen MR) is 77.7 cm³/mol. The molecule has 1 aliphatic carbocycles. The van der Waals surface area contributed by atoms with Crippen molar-refractivity contribution in [3.63, 3.8) is 0 Å². The van der Waals surface area contributed by atoms with Crippen LogP contribution in [0.4, 0.5) is 0 Å². The zero-order valence-electron chi connectivity index (χ0n) is 12.0. The van der Waals surface area contributed by atoms with Crippen LogP contribution in [0.1, 0.15) is 18.4 Å². The lowest BCUT2D eigenvalue weighted by molar-refractivity contribution is 0.0992. The van der Waals surface area contributed by atoms with Gasteiger partial charge >= 0.3 is 0 Å². The molecule has 1 aliphatic rings. The van der Waals surface area contributed by atoms with Gasteiger partial charge in [0.05, 0.1) is 12.2 Å². The van der Waals surface area contributed by atoms with Crippen molar-refractivity contribution in [3.8, 4) is 11.8 Å². The van der Waals surface area contributed by atoms with Crippen LogP contribution < -0.4 is 4.74 Å². The van der Waals surface area contributed by atoms with Gasteiger partial charge in [-0.25, -0.2) is 0 Å². The lowest BCUT2D eigenvalue weighted by atomic mass is 10.2. The third-order valence-corrected chi connectivity index (χ3v) is 3.41. The van der Waals surface area contributed by atoms with Crippen molar-refractivity contribution in [2.75, 3.05) is 40.0 Å². The van der Waals surface area contributed by atoms with Crippen LogP contribution in [-0.2, 0) is 4.74 Å². The van der Waals surface area contributed by atoms with E-state index >= 15 is 0 Å². The molecule has 1 saturated carbocycles. The summed E-state index contributed by atoms with van der Waals surface area (Å²) in [5, 5.41) is 8.96. The number of hydrogen-bond acceptors (Lipinski definition) is 4. The number of rotatable bonds is 9. The minimum absolute atomic E-state index is 0.581. The molecule has 0 radical (unpaired) electrons. The van der Waals surface area contributed by atoms with E-state index in [-0.39, 0.29) is 0 Å². The number of para-hydroxylation sites is 1. The van der Waals surface area contributed by atoms with Gasteiger partial charge in [0.25, 0.3) is 0 Å². The molecule has 0 saturated heterocycles. The summed E-state index contributed by atoms with van der Waals surface area (Å²) in [5.41, 5.74) is 0.586. The van der Waals surface area contributed by atoms with Crippen molar-refractivity contribution in [3.05, 3.63) is 29.8 Å². The van der Waals surface area contributed by atoms with E-state index < -0.39 is 0 Å². The van der Waals surface area contributed by atoms with E-state index in [9.17, 15) is 0 Å². The van der Waals surface area contributed by atoms with Gasteiger partial charge < -0.3 is 14.4 Å². The van der Waals surface area contributed by atoms with Gasteiger partial charge in [0.1, 0.15) is 18.4 Å². The van der Waals surface area contributed by atoms with Crippen molar-refractivity contribution in [2.45, 2.75) is 12.8 Å². The maximum Gasteiger partial charge on any atom is 0.137 e. The normalized spacial score (nSPS) is 14.2. The molecule has 0 N–H and O–H groups in total. The molecule has 0 aromatic heterocycles. The molecule has 0 unspecified atom stereocenters.